The quantitative estimate of drug-likeness (QED) is 0.881. The van der Waals surface area contributed by atoms with Crippen LogP contribution in [0.2, 0.25) is 0 Å². The topological polar surface area (TPSA) is 39.1 Å². The summed E-state index contributed by atoms with van der Waals surface area (Å²) in [5.41, 5.74) is 2.28. The van der Waals surface area contributed by atoms with E-state index >= 15 is 0 Å². The van der Waals surface area contributed by atoms with Gasteiger partial charge in [0.15, 0.2) is 0 Å². The molecule has 0 unspecified atom stereocenters. The van der Waals surface area contributed by atoms with E-state index in [1.807, 2.05) is 18.3 Å². The van der Waals surface area contributed by atoms with Crippen LogP contribution >= 0.6 is 0 Å². The van der Waals surface area contributed by atoms with Crippen molar-refractivity contribution in [2.45, 2.75) is 6.54 Å². The molecule has 1 saturated heterocycles. The standard InChI is InChI=1S/C18H21N3O/c22-18-8-4-7-17(13-18)14-19-21-11-9-20(10-12-21)15-16-5-2-1-3-6-16/h1-8,13-14,22H,9-12,15H2. The van der Waals surface area contributed by atoms with Crippen LogP contribution in [0.3, 0.4) is 0 Å². The smallest absolute Gasteiger partial charge is 0.116 e. The van der Waals surface area contributed by atoms with Crippen molar-refractivity contribution in [2.75, 3.05) is 26.2 Å². The zero-order valence-electron chi connectivity index (χ0n) is 12.6. The van der Waals surface area contributed by atoms with Crippen molar-refractivity contribution in [1.29, 1.82) is 0 Å². The first-order valence-corrected chi connectivity index (χ1v) is 7.64. The van der Waals surface area contributed by atoms with E-state index in [1.165, 1.54) is 5.56 Å². The maximum absolute atomic E-state index is 9.44. The van der Waals surface area contributed by atoms with Crippen molar-refractivity contribution in [1.82, 2.24) is 9.91 Å². The van der Waals surface area contributed by atoms with Crippen LogP contribution in [0, 0.1) is 0 Å². The molecule has 1 aliphatic heterocycles. The number of benzene rings is 2. The summed E-state index contributed by atoms with van der Waals surface area (Å²) in [7, 11) is 0. The van der Waals surface area contributed by atoms with Crippen LogP contribution in [0.25, 0.3) is 0 Å². The number of hydrogen-bond acceptors (Lipinski definition) is 4. The first-order chi connectivity index (χ1) is 10.8. The second kappa shape index (κ2) is 7.09. The number of hydrazone groups is 1. The highest BCUT2D eigenvalue weighted by molar-refractivity contribution is 5.79. The SMILES string of the molecule is Oc1cccc(C=NN2CCN(Cc3ccccc3)CC2)c1. The van der Waals surface area contributed by atoms with E-state index in [0.717, 1.165) is 38.3 Å². The van der Waals surface area contributed by atoms with E-state index < -0.39 is 0 Å². The van der Waals surface area contributed by atoms with Crippen molar-refractivity contribution < 1.29 is 5.11 Å². The molecule has 4 heteroatoms. The fourth-order valence-corrected chi connectivity index (χ4v) is 2.61. The molecule has 3 rings (SSSR count). The Morgan fingerprint density at radius 3 is 2.45 bits per heavy atom. The van der Waals surface area contributed by atoms with Gasteiger partial charge in [0.1, 0.15) is 5.75 Å². The molecule has 0 saturated carbocycles. The number of aromatic hydroxyl groups is 1. The van der Waals surface area contributed by atoms with Crippen molar-refractivity contribution in [3.05, 3.63) is 65.7 Å². The van der Waals surface area contributed by atoms with Crippen LogP contribution in [0.1, 0.15) is 11.1 Å². The minimum atomic E-state index is 0.275. The molecule has 114 valence electrons. The number of hydrogen-bond donors (Lipinski definition) is 1. The summed E-state index contributed by atoms with van der Waals surface area (Å²) in [4.78, 5) is 2.45. The Morgan fingerprint density at radius 2 is 1.73 bits per heavy atom. The minimum absolute atomic E-state index is 0.275. The zero-order valence-corrected chi connectivity index (χ0v) is 12.6. The number of piperazine rings is 1. The van der Waals surface area contributed by atoms with E-state index in [2.05, 4.69) is 45.3 Å². The third-order valence-corrected chi connectivity index (χ3v) is 3.84. The van der Waals surface area contributed by atoms with E-state index in [4.69, 9.17) is 0 Å². The van der Waals surface area contributed by atoms with Gasteiger partial charge in [-0.3, -0.25) is 9.91 Å². The number of rotatable bonds is 4. The summed E-state index contributed by atoms with van der Waals surface area (Å²) in [6, 6.07) is 17.7. The Hall–Kier alpha value is -2.33. The molecular weight excluding hydrogens is 274 g/mol. The predicted octanol–water partition coefficient (Wildman–Crippen LogP) is 2.54. The monoisotopic (exact) mass is 295 g/mol. The summed E-state index contributed by atoms with van der Waals surface area (Å²) >= 11 is 0. The van der Waals surface area contributed by atoms with E-state index in [-0.39, 0.29) is 5.75 Å². The van der Waals surface area contributed by atoms with Crippen LogP contribution in [-0.2, 0) is 6.54 Å². The molecular formula is C18H21N3O. The maximum atomic E-state index is 9.44. The van der Waals surface area contributed by atoms with Crippen LogP contribution in [0.15, 0.2) is 59.7 Å². The van der Waals surface area contributed by atoms with Crippen LogP contribution in [-0.4, -0.2) is 47.4 Å². The predicted molar refractivity (Wildman–Crippen MR) is 89.0 cm³/mol. The van der Waals surface area contributed by atoms with Crippen molar-refractivity contribution in [3.63, 3.8) is 0 Å². The van der Waals surface area contributed by atoms with E-state index in [1.54, 1.807) is 12.1 Å². The lowest BCUT2D eigenvalue weighted by atomic mass is 10.2. The van der Waals surface area contributed by atoms with E-state index in [0.29, 0.717) is 0 Å². The molecule has 1 N–H and O–H groups in total. The van der Waals surface area contributed by atoms with Crippen molar-refractivity contribution in [3.8, 4) is 5.75 Å². The Labute approximate surface area is 131 Å². The van der Waals surface area contributed by atoms with Gasteiger partial charge in [-0.05, 0) is 23.3 Å². The van der Waals surface area contributed by atoms with Gasteiger partial charge >= 0.3 is 0 Å². The molecule has 1 aliphatic rings. The van der Waals surface area contributed by atoms with Crippen LogP contribution in [0.5, 0.6) is 5.75 Å². The molecule has 1 fully saturated rings. The van der Waals surface area contributed by atoms with E-state index in [9.17, 15) is 5.11 Å². The van der Waals surface area contributed by atoms with Gasteiger partial charge < -0.3 is 5.11 Å². The largest absolute Gasteiger partial charge is 0.508 e. The van der Waals surface area contributed by atoms with Gasteiger partial charge in [-0.2, -0.15) is 5.10 Å². The van der Waals surface area contributed by atoms with Crippen molar-refractivity contribution >= 4 is 6.21 Å². The van der Waals surface area contributed by atoms with Gasteiger partial charge in [0.05, 0.1) is 6.21 Å². The molecule has 0 amide bonds. The average Bonchev–Trinajstić information content (AvgIpc) is 2.55. The first kappa shape index (κ1) is 14.6. The second-order valence-electron chi connectivity index (χ2n) is 5.55. The highest BCUT2D eigenvalue weighted by atomic mass is 16.3. The molecule has 0 radical (unpaired) electrons. The lowest BCUT2D eigenvalue weighted by molar-refractivity contribution is 0.131. The molecule has 22 heavy (non-hydrogen) atoms. The minimum Gasteiger partial charge on any atom is -0.508 e. The number of phenolic OH excluding ortho intramolecular Hbond substituents is 1. The number of nitrogens with zero attached hydrogens (tertiary/aromatic N) is 3. The molecule has 0 aliphatic carbocycles. The van der Waals surface area contributed by atoms with Gasteiger partial charge in [-0.15, -0.1) is 0 Å². The summed E-state index contributed by atoms with van der Waals surface area (Å²) in [6.07, 6.45) is 1.81. The lowest BCUT2D eigenvalue weighted by Crippen LogP contribution is -2.43. The fraction of sp³-hybridized carbons (Fsp3) is 0.278. The Kier molecular flexibility index (Phi) is 4.71. The zero-order chi connectivity index (χ0) is 15.2. The van der Waals surface area contributed by atoms with Gasteiger partial charge in [-0.1, -0.05) is 42.5 Å². The Balaban J connectivity index is 1.49. The average molecular weight is 295 g/mol. The molecule has 4 nitrogen and oxygen atoms in total. The molecule has 0 bridgehead atoms. The Morgan fingerprint density at radius 1 is 0.955 bits per heavy atom. The summed E-state index contributed by atoms with van der Waals surface area (Å²) in [6.45, 7) is 4.91. The molecule has 0 atom stereocenters. The third kappa shape index (κ3) is 4.09. The van der Waals surface area contributed by atoms with Gasteiger partial charge in [0.2, 0.25) is 0 Å². The van der Waals surface area contributed by atoms with Crippen LogP contribution < -0.4 is 0 Å². The van der Waals surface area contributed by atoms with Gasteiger partial charge in [-0.25, -0.2) is 0 Å². The molecule has 2 aromatic carbocycles. The summed E-state index contributed by atoms with van der Waals surface area (Å²) < 4.78 is 0. The highest BCUT2D eigenvalue weighted by Gasteiger charge is 2.15. The summed E-state index contributed by atoms with van der Waals surface area (Å²) in [5.74, 6) is 0.275. The third-order valence-electron chi connectivity index (χ3n) is 3.84. The Bertz CT molecular complexity index is 619. The second-order valence-corrected chi connectivity index (χ2v) is 5.55. The first-order valence-electron chi connectivity index (χ1n) is 7.64. The van der Waals surface area contributed by atoms with Gasteiger partial charge in [0, 0.05) is 32.7 Å². The fourth-order valence-electron chi connectivity index (χ4n) is 2.61. The summed E-state index contributed by atoms with van der Waals surface area (Å²) in [5, 5.41) is 16.0. The lowest BCUT2D eigenvalue weighted by Gasteiger charge is -2.33. The normalized spacial score (nSPS) is 16.3. The molecule has 2 aromatic rings. The molecule has 1 heterocycles. The maximum Gasteiger partial charge on any atom is 0.116 e. The molecule has 0 spiro atoms. The van der Waals surface area contributed by atoms with Gasteiger partial charge in [0.25, 0.3) is 0 Å². The van der Waals surface area contributed by atoms with Crippen molar-refractivity contribution in [2.24, 2.45) is 5.10 Å². The number of phenols is 1. The molecule has 0 aromatic heterocycles. The van der Waals surface area contributed by atoms with Crippen LogP contribution in [0.4, 0.5) is 0 Å². The highest BCUT2D eigenvalue weighted by Crippen LogP contribution is 2.11.